The van der Waals surface area contributed by atoms with Gasteiger partial charge in [0.25, 0.3) is 5.91 Å². The van der Waals surface area contributed by atoms with E-state index >= 15 is 0 Å². The van der Waals surface area contributed by atoms with Crippen LogP contribution in [0.2, 0.25) is 0 Å². The number of hydrogen-bond acceptors (Lipinski definition) is 4. The van der Waals surface area contributed by atoms with Crippen molar-refractivity contribution in [1.29, 1.82) is 0 Å². The second kappa shape index (κ2) is 10.2. The normalized spacial score (nSPS) is 11.2. The van der Waals surface area contributed by atoms with Gasteiger partial charge in [0, 0.05) is 36.0 Å². The largest absolute Gasteiger partial charge is 0.383 e. The monoisotopic (exact) mass is 416 g/mol. The van der Waals surface area contributed by atoms with Gasteiger partial charge in [-0.1, -0.05) is 50.2 Å². The van der Waals surface area contributed by atoms with Gasteiger partial charge in [-0.15, -0.1) is 0 Å². The zero-order chi connectivity index (χ0) is 22.4. The van der Waals surface area contributed by atoms with Crippen LogP contribution in [0.1, 0.15) is 29.8 Å². The van der Waals surface area contributed by atoms with Crippen LogP contribution < -0.4 is 11.1 Å². The first-order valence-corrected chi connectivity index (χ1v) is 10.7. The molecule has 3 N–H and O–H groups in total. The predicted molar refractivity (Wildman–Crippen MR) is 129 cm³/mol. The van der Waals surface area contributed by atoms with Crippen LogP contribution in [0.3, 0.4) is 0 Å². The van der Waals surface area contributed by atoms with Crippen LogP contribution in [0.15, 0.2) is 60.8 Å². The molecule has 0 saturated carbocycles. The number of nitrogens with one attached hydrogen (secondary N) is 1. The molecule has 1 heterocycles. The van der Waals surface area contributed by atoms with E-state index in [0.717, 1.165) is 35.2 Å². The van der Waals surface area contributed by atoms with E-state index in [0.29, 0.717) is 23.8 Å². The Morgan fingerprint density at radius 2 is 1.77 bits per heavy atom. The van der Waals surface area contributed by atoms with E-state index in [-0.39, 0.29) is 5.91 Å². The summed E-state index contributed by atoms with van der Waals surface area (Å²) in [4.78, 5) is 18.9. The first kappa shape index (κ1) is 22.5. The molecule has 0 radical (unpaired) electrons. The molecular weight excluding hydrogens is 384 g/mol. The highest BCUT2D eigenvalue weighted by atomic mass is 16.1. The molecule has 5 heteroatoms. The minimum Gasteiger partial charge on any atom is -0.383 e. The summed E-state index contributed by atoms with van der Waals surface area (Å²) in [7, 11) is 3.96. The van der Waals surface area contributed by atoms with E-state index in [9.17, 15) is 4.79 Å². The fourth-order valence-corrected chi connectivity index (χ4v) is 3.49. The van der Waals surface area contributed by atoms with Crippen molar-refractivity contribution in [3.63, 3.8) is 0 Å². The first-order chi connectivity index (χ1) is 14.8. The molecule has 0 aliphatic heterocycles. The molecule has 1 amide bonds. The lowest BCUT2D eigenvalue weighted by Crippen LogP contribution is -2.31. The molecule has 31 heavy (non-hydrogen) atoms. The van der Waals surface area contributed by atoms with Gasteiger partial charge >= 0.3 is 0 Å². The Morgan fingerprint density at radius 1 is 1.03 bits per heavy atom. The molecule has 0 aliphatic rings. The number of nitrogens with two attached hydrogens (primary N) is 1. The summed E-state index contributed by atoms with van der Waals surface area (Å²) in [6, 6.07) is 18.2. The molecule has 3 rings (SSSR count). The van der Waals surface area contributed by atoms with Crippen LogP contribution in [-0.2, 0) is 6.42 Å². The van der Waals surface area contributed by atoms with E-state index in [1.807, 2.05) is 49.3 Å². The summed E-state index contributed by atoms with van der Waals surface area (Å²) < 4.78 is 0. The topological polar surface area (TPSA) is 71.2 Å². The summed E-state index contributed by atoms with van der Waals surface area (Å²) in [6.07, 6.45) is 2.81. The Labute approximate surface area is 185 Å². The van der Waals surface area contributed by atoms with E-state index in [2.05, 4.69) is 48.4 Å². The Morgan fingerprint density at radius 3 is 2.45 bits per heavy atom. The molecule has 0 bridgehead atoms. The van der Waals surface area contributed by atoms with Gasteiger partial charge in [-0.05, 0) is 61.3 Å². The first-order valence-electron chi connectivity index (χ1n) is 10.7. The molecule has 3 aromatic rings. The summed E-state index contributed by atoms with van der Waals surface area (Å²) in [5.41, 5.74) is 11.9. The minimum absolute atomic E-state index is 0.0759. The van der Waals surface area contributed by atoms with Gasteiger partial charge in [0.15, 0.2) is 0 Å². The smallest absolute Gasteiger partial charge is 0.251 e. The number of amides is 1. The Balaban J connectivity index is 1.83. The van der Waals surface area contributed by atoms with Crippen molar-refractivity contribution in [2.75, 3.05) is 32.9 Å². The number of carbonyl (C=O) groups excluding carboxylic acids is 1. The number of hydrogen-bond donors (Lipinski definition) is 2. The average molecular weight is 417 g/mol. The van der Waals surface area contributed by atoms with Crippen molar-refractivity contribution in [3.8, 4) is 22.3 Å². The maximum atomic E-state index is 12.5. The van der Waals surface area contributed by atoms with Crippen LogP contribution in [0.25, 0.3) is 22.3 Å². The lowest BCUT2D eigenvalue weighted by molar-refractivity contribution is 0.0951. The molecule has 5 nitrogen and oxygen atoms in total. The van der Waals surface area contributed by atoms with Crippen molar-refractivity contribution < 1.29 is 4.79 Å². The number of carbonyl (C=O) groups is 1. The Bertz CT molecular complexity index is 1030. The number of pyridine rings is 1. The molecule has 0 unspecified atom stereocenters. The van der Waals surface area contributed by atoms with Gasteiger partial charge in [0.1, 0.15) is 5.82 Å². The number of nitrogens with zero attached hydrogens (tertiary/aromatic N) is 2. The molecule has 0 atom stereocenters. The van der Waals surface area contributed by atoms with Crippen molar-refractivity contribution in [2.24, 2.45) is 5.92 Å². The molecule has 0 saturated heterocycles. The lowest BCUT2D eigenvalue weighted by Gasteiger charge is -2.12. The van der Waals surface area contributed by atoms with Gasteiger partial charge in [0.2, 0.25) is 0 Å². The molecule has 2 aromatic carbocycles. The third kappa shape index (κ3) is 6.15. The van der Waals surface area contributed by atoms with Crippen molar-refractivity contribution in [2.45, 2.75) is 20.3 Å². The highest BCUT2D eigenvalue weighted by Crippen LogP contribution is 2.30. The van der Waals surface area contributed by atoms with Crippen LogP contribution in [0, 0.1) is 5.92 Å². The molecule has 162 valence electrons. The fraction of sp³-hybridized carbons (Fsp3) is 0.308. The van der Waals surface area contributed by atoms with E-state index in [1.165, 1.54) is 5.56 Å². The summed E-state index contributed by atoms with van der Waals surface area (Å²) in [5.74, 6) is 1.04. The quantitative estimate of drug-likeness (QED) is 0.568. The lowest BCUT2D eigenvalue weighted by atomic mass is 9.97. The zero-order valence-electron chi connectivity index (χ0n) is 18.9. The van der Waals surface area contributed by atoms with Gasteiger partial charge in [0.05, 0.1) is 0 Å². The number of aromatic nitrogens is 1. The number of likely N-dealkylation sites (N-methyl/N-ethyl adjacent to an activating group) is 1. The molecule has 0 aliphatic carbocycles. The van der Waals surface area contributed by atoms with E-state index < -0.39 is 0 Å². The van der Waals surface area contributed by atoms with Crippen molar-refractivity contribution in [3.05, 3.63) is 71.9 Å². The van der Waals surface area contributed by atoms with Gasteiger partial charge in [-0.2, -0.15) is 0 Å². The minimum atomic E-state index is -0.0759. The Hall–Kier alpha value is -3.18. The number of anilines is 1. The predicted octanol–water partition coefficient (Wildman–Crippen LogP) is 4.49. The average Bonchev–Trinajstić information content (AvgIpc) is 2.74. The van der Waals surface area contributed by atoms with Gasteiger partial charge < -0.3 is 16.0 Å². The number of rotatable bonds is 8. The fourth-order valence-electron chi connectivity index (χ4n) is 3.49. The SMILES string of the molecule is CC(C)Cc1ccc(-c2cc(-c3cccc(C(=O)NCCN(C)C)c3)cnc2N)cc1. The van der Waals surface area contributed by atoms with Crippen molar-refractivity contribution in [1.82, 2.24) is 15.2 Å². The van der Waals surface area contributed by atoms with Crippen molar-refractivity contribution >= 4 is 11.7 Å². The van der Waals surface area contributed by atoms with Crippen LogP contribution >= 0.6 is 0 Å². The standard InChI is InChI=1S/C26H32N4O/c1-18(2)14-19-8-10-20(11-9-19)24-16-23(17-29-25(24)27)21-6-5-7-22(15-21)26(31)28-12-13-30(3)4/h5-11,15-18H,12-14H2,1-4H3,(H2,27,29)(H,28,31). The zero-order valence-corrected chi connectivity index (χ0v) is 18.9. The highest BCUT2D eigenvalue weighted by Gasteiger charge is 2.10. The van der Waals surface area contributed by atoms with Crippen LogP contribution in [0.4, 0.5) is 5.82 Å². The van der Waals surface area contributed by atoms with Gasteiger partial charge in [-0.25, -0.2) is 4.98 Å². The number of nitrogen functional groups attached to an aromatic ring is 1. The third-order valence-electron chi connectivity index (χ3n) is 5.13. The molecule has 1 aromatic heterocycles. The maximum Gasteiger partial charge on any atom is 0.251 e. The summed E-state index contributed by atoms with van der Waals surface area (Å²) >= 11 is 0. The van der Waals surface area contributed by atoms with Crippen LogP contribution in [0.5, 0.6) is 0 Å². The third-order valence-corrected chi connectivity index (χ3v) is 5.13. The van der Waals surface area contributed by atoms with E-state index in [4.69, 9.17) is 5.73 Å². The summed E-state index contributed by atoms with van der Waals surface area (Å²) in [5, 5.41) is 2.96. The second-order valence-corrected chi connectivity index (χ2v) is 8.59. The molecule has 0 spiro atoms. The Kier molecular flexibility index (Phi) is 7.42. The maximum absolute atomic E-state index is 12.5. The second-order valence-electron chi connectivity index (χ2n) is 8.59. The highest BCUT2D eigenvalue weighted by molar-refractivity contribution is 5.95. The van der Waals surface area contributed by atoms with Gasteiger partial charge in [-0.3, -0.25) is 4.79 Å². The summed E-state index contributed by atoms with van der Waals surface area (Å²) in [6.45, 7) is 5.84. The van der Waals surface area contributed by atoms with Crippen LogP contribution in [-0.4, -0.2) is 43.0 Å². The van der Waals surface area contributed by atoms with E-state index in [1.54, 1.807) is 6.20 Å². The molecular formula is C26H32N4O. The number of benzene rings is 2. The molecule has 0 fully saturated rings.